The Morgan fingerprint density at radius 1 is 0.880 bits per heavy atom. The third-order valence-corrected chi connectivity index (χ3v) is 4.37. The summed E-state index contributed by atoms with van der Waals surface area (Å²) in [6.07, 6.45) is 2.86. The van der Waals surface area contributed by atoms with E-state index in [1.165, 1.54) is 0 Å². The molecule has 3 nitrogen and oxygen atoms in total. The van der Waals surface area contributed by atoms with Gasteiger partial charge in [0.2, 0.25) is 0 Å². The van der Waals surface area contributed by atoms with Crippen LogP contribution in [-0.4, -0.2) is 4.57 Å². The molecule has 0 saturated carbocycles. The van der Waals surface area contributed by atoms with Gasteiger partial charge in [0.05, 0.1) is 0 Å². The maximum Gasteiger partial charge on any atom is 0.250 e. The van der Waals surface area contributed by atoms with Gasteiger partial charge in [0.1, 0.15) is 11.3 Å². The van der Waals surface area contributed by atoms with Crippen molar-refractivity contribution in [2.75, 3.05) is 0 Å². The summed E-state index contributed by atoms with van der Waals surface area (Å²) in [4.78, 5) is 12.1. The van der Waals surface area contributed by atoms with Crippen LogP contribution in [-0.2, 0) is 6.54 Å². The topological polar surface area (TPSA) is 35.1 Å². The average molecular weight is 329 g/mol. The van der Waals surface area contributed by atoms with Gasteiger partial charge in [0, 0.05) is 40.9 Å². The molecule has 25 heavy (non-hydrogen) atoms. The molecule has 3 heteroatoms. The number of furan rings is 1. The molecule has 0 amide bonds. The highest BCUT2D eigenvalue weighted by Crippen LogP contribution is 2.40. The Balaban J connectivity index is 2.01. The third-order valence-electron chi connectivity index (χ3n) is 4.37. The van der Waals surface area contributed by atoms with Crippen molar-refractivity contribution in [3.05, 3.63) is 83.3 Å². The van der Waals surface area contributed by atoms with Crippen LogP contribution in [0.2, 0.25) is 0 Å². The number of nitrogens with zero attached hydrogens (tertiary/aromatic N) is 1. The first kappa shape index (κ1) is 15.5. The summed E-state index contributed by atoms with van der Waals surface area (Å²) in [6, 6.07) is 21.7. The van der Waals surface area contributed by atoms with Crippen molar-refractivity contribution in [2.24, 2.45) is 0 Å². The van der Waals surface area contributed by atoms with Gasteiger partial charge in [-0.15, -0.1) is 0 Å². The summed E-state index contributed by atoms with van der Waals surface area (Å²) in [7, 11) is 0. The molecule has 4 rings (SSSR count). The van der Waals surface area contributed by atoms with E-state index in [1.54, 1.807) is 10.6 Å². The molecule has 0 fully saturated rings. The smallest absolute Gasteiger partial charge is 0.250 e. The molecule has 0 aliphatic heterocycles. The molecule has 124 valence electrons. The van der Waals surface area contributed by atoms with Gasteiger partial charge in [0.25, 0.3) is 5.56 Å². The number of benzene rings is 2. The van der Waals surface area contributed by atoms with Gasteiger partial charge in [-0.05, 0) is 18.6 Å². The van der Waals surface area contributed by atoms with Crippen molar-refractivity contribution in [3.8, 4) is 22.5 Å². The van der Waals surface area contributed by atoms with E-state index in [0.717, 1.165) is 39.8 Å². The van der Waals surface area contributed by atoms with Gasteiger partial charge in [-0.1, -0.05) is 55.5 Å². The first-order valence-corrected chi connectivity index (χ1v) is 8.55. The Hall–Kier alpha value is -3.07. The zero-order valence-corrected chi connectivity index (χ0v) is 14.1. The molecule has 2 aromatic heterocycles. The number of aryl methyl sites for hydroxylation is 1. The van der Waals surface area contributed by atoms with Crippen molar-refractivity contribution in [1.82, 2.24) is 4.57 Å². The average Bonchev–Trinajstić information content (AvgIpc) is 3.04. The molecule has 0 radical (unpaired) electrons. The van der Waals surface area contributed by atoms with Crippen LogP contribution in [0.5, 0.6) is 0 Å². The summed E-state index contributed by atoms with van der Waals surface area (Å²) >= 11 is 0. The largest absolute Gasteiger partial charge is 0.455 e. The fourth-order valence-electron chi connectivity index (χ4n) is 3.22. The second-order valence-corrected chi connectivity index (χ2v) is 6.12. The second kappa shape index (κ2) is 6.44. The molecular weight excluding hydrogens is 310 g/mol. The van der Waals surface area contributed by atoms with Gasteiger partial charge in [0.15, 0.2) is 0 Å². The molecule has 0 atom stereocenters. The van der Waals surface area contributed by atoms with Crippen LogP contribution < -0.4 is 5.56 Å². The predicted octanol–water partition coefficient (Wildman–Crippen LogP) is 5.34. The molecule has 0 bridgehead atoms. The van der Waals surface area contributed by atoms with E-state index in [2.05, 4.69) is 13.0 Å². The number of hydrogen-bond donors (Lipinski definition) is 0. The zero-order valence-electron chi connectivity index (χ0n) is 14.1. The minimum absolute atomic E-state index is 0.0275. The van der Waals surface area contributed by atoms with Crippen molar-refractivity contribution in [3.63, 3.8) is 0 Å². The number of aromatic nitrogens is 1. The van der Waals surface area contributed by atoms with Crippen molar-refractivity contribution in [2.45, 2.75) is 19.9 Å². The van der Waals surface area contributed by atoms with Crippen LogP contribution in [0.3, 0.4) is 0 Å². The Kier molecular flexibility index (Phi) is 3.98. The molecule has 4 aromatic rings. The van der Waals surface area contributed by atoms with Gasteiger partial charge in [-0.25, -0.2) is 0 Å². The first-order valence-electron chi connectivity index (χ1n) is 8.55. The summed E-state index contributed by atoms with van der Waals surface area (Å²) in [6.45, 7) is 2.78. The van der Waals surface area contributed by atoms with Crippen LogP contribution in [0.25, 0.3) is 33.4 Å². The molecule has 0 spiro atoms. The normalized spacial score (nSPS) is 11.1. The van der Waals surface area contributed by atoms with Gasteiger partial charge in [-0.2, -0.15) is 0 Å². The van der Waals surface area contributed by atoms with E-state index in [4.69, 9.17) is 4.42 Å². The monoisotopic (exact) mass is 329 g/mol. The van der Waals surface area contributed by atoms with E-state index in [0.29, 0.717) is 6.54 Å². The quantitative estimate of drug-likeness (QED) is 0.506. The van der Waals surface area contributed by atoms with E-state index in [1.807, 2.05) is 60.8 Å². The highest BCUT2D eigenvalue weighted by Gasteiger charge is 2.17. The molecule has 0 unspecified atom stereocenters. The van der Waals surface area contributed by atoms with Crippen molar-refractivity contribution >= 4 is 11.0 Å². The number of hydrogen-bond acceptors (Lipinski definition) is 2. The molecule has 0 saturated heterocycles. The van der Waals surface area contributed by atoms with E-state index in [9.17, 15) is 4.79 Å². The standard InChI is InChI=1S/C22H19NO2/c1-2-14-23-15-17(12-13-20(23)24)21-18-10-6-7-11-19(18)25-22(21)16-8-4-3-5-9-16/h3-13,15H,2,14H2,1H3. The Bertz CT molecular complexity index is 1070. The Morgan fingerprint density at radius 2 is 1.64 bits per heavy atom. The highest BCUT2D eigenvalue weighted by atomic mass is 16.3. The zero-order chi connectivity index (χ0) is 17.2. The molecule has 2 aromatic carbocycles. The summed E-state index contributed by atoms with van der Waals surface area (Å²) < 4.78 is 7.95. The lowest BCUT2D eigenvalue weighted by molar-refractivity contribution is 0.632. The predicted molar refractivity (Wildman–Crippen MR) is 102 cm³/mol. The van der Waals surface area contributed by atoms with E-state index in [-0.39, 0.29) is 5.56 Å². The summed E-state index contributed by atoms with van der Waals surface area (Å²) in [5.74, 6) is 0.837. The van der Waals surface area contributed by atoms with Crippen LogP contribution in [0.4, 0.5) is 0 Å². The number of fused-ring (bicyclic) bond motifs is 1. The third kappa shape index (κ3) is 2.78. The van der Waals surface area contributed by atoms with Crippen molar-refractivity contribution in [1.29, 1.82) is 0 Å². The fraction of sp³-hybridized carbons (Fsp3) is 0.136. The lowest BCUT2D eigenvalue weighted by Crippen LogP contribution is -2.18. The maximum atomic E-state index is 12.1. The Labute approximate surface area is 146 Å². The van der Waals surface area contributed by atoms with Crippen LogP contribution >= 0.6 is 0 Å². The van der Waals surface area contributed by atoms with E-state index < -0.39 is 0 Å². The van der Waals surface area contributed by atoms with E-state index >= 15 is 0 Å². The number of rotatable bonds is 4. The summed E-state index contributed by atoms with van der Waals surface area (Å²) in [5, 5.41) is 1.06. The SMILES string of the molecule is CCCn1cc(-c2c(-c3ccccc3)oc3ccccc23)ccc1=O. The number of para-hydroxylation sites is 1. The number of pyridine rings is 1. The molecule has 0 N–H and O–H groups in total. The fourth-order valence-corrected chi connectivity index (χ4v) is 3.22. The van der Waals surface area contributed by atoms with Crippen LogP contribution in [0.15, 0.2) is 82.1 Å². The minimum Gasteiger partial charge on any atom is -0.455 e. The Morgan fingerprint density at radius 3 is 2.44 bits per heavy atom. The molecule has 2 heterocycles. The first-order chi connectivity index (χ1) is 12.3. The second-order valence-electron chi connectivity index (χ2n) is 6.12. The van der Waals surface area contributed by atoms with Crippen LogP contribution in [0, 0.1) is 0 Å². The molecular formula is C22H19NO2. The highest BCUT2D eigenvalue weighted by molar-refractivity contribution is 6.01. The minimum atomic E-state index is 0.0275. The summed E-state index contributed by atoms with van der Waals surface area (Å²) in [5.41, 5.74) is 3.94. The molecule has 0 aliphatic rings. The van der Waals surface area contributed by atoms with Crippen LogP contribution in [0.1, 0.15) is 13.3 Å². The maximum absolute atomic E-state index is 12.1. The molecule has 0 aliphatic carbocycles. The van der Waals surface area contributed by atoms with Gasteiger partial charge >= 0.3 is 0 Å². The van der Waals surface area contributed by atoms with Crippen molar-refractivity contribution < 1.29 is 4.42 Å². The van der Waals surface area contributed by atoms with Gasteiger partial charge < -0.3 is 8.98 Å². The lowest BCUT2D eigenvalue weighted by atomic mass is 10.00. The van der Waals surface area contributed by atoms with Gasteiger partial charge in [-0.3, -0.25) is 4.79 Å². The lowest BCUT2D eigenvalue weighted by Gasteiger charge is -2.08.